The first-order valence-corrected chi connectivity index (χ1v) is 6.63. The maximum absolute atomic E-state index is 11.5. The molecule has 1 aromatic rings. The monoisotopic (exact) mass is 284 g/mol. The average molecular weight is 285 g/mol. The molecule has 0 atom stereocenters. The number of nitrogens with two attached hydrogens (primary N) is 1. The first-order chi connectivity index (χ1) is 9.20. The number of carbonyl (C=O) groups is 1. The Morgan fingerprint density at radius 2 is 2.16 bits per heavy atom. The van der Waals surface area contributed by atoms with Gasteiger partial charge in [0.1, 0.15) is 13.2 Å². The zero-order valence-electron chi connectivity index (χ0n) is 10.6. The largest absolute Gasteiger partial charge is 0.486 e. The number of hydrogen-bond donors (Lipinski definition) is 2. The SMILES string of the molecule is NCCCC(=O)NCc1cc(Cl)c2c(c1)OCCO2. The summed E-state index contributed by atoms with van der Waals surface area (Å²) < 4.78 is 10.9. The van der Waals surface area contributed by atoms with Crippen molar-refractivity contribution >= 4 is 17.5 Å². The Kier molecular flexibility index (Phi) is 4.87. The van der Waals surface area contributed by atoms with Crippen molar-refractivity contribution in [2.45, 2.75) is 19.4 Å². The molecule has 6 heteroatoms. The van der Waals surface area contributed by atoms with Crippen molar-refractivity contribution in [1.82, 2.24) is 5.32 Å². The Hall–Kier alpha value is -1.46. The lowest BCUT2D eigenvalue weighted by Crippen LogP contribution is -2.23. The summed E-state index contributed by atoms with van der Waals surface area (Å²) in [6.45, 7) is 1.95. The summed E-state index contributed by atoms with van der Waals surface area (Å²) in [5.74, 6) is 1.19. The van der Waals surface area contributed by atoms with Gasteiger partial charge in [-0.05, 0) is 30.7 Å². The third kappa shape index (κ3) is 3.75. The molecule has 0 bridgehead atoms. The minimum absolute atomic E-state index is 0.0172. The van der Waals surface area contributed by atoms with Crippen molar-refractivity contribution in [3.05, 3.63) is 22.7 Å². The molecule has 0 aliphatic carbocycles. The van der Waals surface area contributed by atoms with Crippen molar-refractivity contribution in [2.24, 2.45) is 5.73 Å². The molecule has 2 rings (SSSR count). The maximum atomic E-state index is 11.5. The van der Waals surface area contributed by atoms with Gasteiger partial charge < -0.3 is 20.5 Å². The van der Waals surface area contributed by atoms with Crippen molar-refractivity contribution in [3.8, 4) is 11.5 Å². The third-order valence-electron chi connectivity index (χ3n) is 2.75. The summed E-state index contributed by atoms with van der Waals surface area (Å²) >= 11 is 6.11. The van der Waals surface area contributed by atoms with Gasteiger partial charge in [-0.2, -0.15) is 0 Å². The zero-order chi connectivity index (χ0) is 13.7. The summed E-state index contributed by atoms with van der Waals surface area (Å²) in [4.78, 5) is 11.5. The fraction of sp³-hybridized carbons (Fsp3) is 0.462. The van der Waals surface area contributed by atoms with E-state index in [-0.39, 0.29) is 5.91 Å². The van der Waals surface area contributed by atoms with Crippen LogP contribution in [-0.4, -0.2) is 25.7 Å². The standard InChI is InChI=1S/C13H17ClN2O3/c14-10-6-9(8-16-12(17)2-1-3-15)7-11-13(10)19-5-4-18-11/h6-7H,1-5,8,15H2,(H,16,17). The lowest BCUT2D eigenvalue weighted by atomic mass is 10.2. The maximum Gasteiger partial charge on any atom is 0.220 e. The van der Waals surface area contributed by atoms with Crippen molar-refractivity contribution in [3.63, 3.8) is 0 Å². The fourth-order valence-electron chi connectivity index (χ4n) is 1.82. The van der Waals surface area contributed by atoms with Crippen LogP contribution in [0.1, 0.15) is 18.4 Å². The van der Waals surface area contributed by atoms with E-state index in [1.165, 1.54) is 0 Å². The van der Waals surface area contributed by atoms with Gasteiger partial charge in [0.25, 0.3) is 0 Å². The molecule has 1 aliphatic rings. The molecule has 0 unspecified atom stereocenters. The highest BCUT2D eigenvalue weighted by molar-refractivity contribution is 6.32. The van der Waals surface area contributed by atoms with E-state index in [0.29, 0.717) is 55.7 Å². The van der Waals surface area contributed by atoms with Gasteiger partial charge in [-0.1, -0.05) is 11.6 Å². The summed E-state index contributed by atoms with van der Waals surface area (Å²) in [6.07, 6.45) is 1.13. The average Bonchev–Trinajstić information content (AvgIpc) is 2.43. The van der Waals surface area contributed by atoms with Crippen LogP contribution in [0.2, 0.25) is 5.02 Å². The molecule has 5 nitrogen and oxygen atoms in total. The number of nitrogens with one attached hydrogen (secondary N) is 1. The molecule has 1 aliphatic heterocycles. The molecule has 1 amide bonds. The quantitative estimate of drug-likeness (QED) is 0.859. The molecule has 19 heavy (non-hydrogen) atoms. The number of halogens is 1. The Morgan fingerprint density at radius 3 is 2.95 bits per heavy atom. The normalized spacial score (nSPS) is 13.2. The number of benzene rings is 1. The summed E-state index contributed by atoms with van der Waals surface area (Å²) in [7, 11) is 0. The van der Waals surface area contributed by atoms with Crippen LogP contribution in [-0.2, 0) is 11.3 Å². The molecule has 0 saturated heterocycles. The molecule has 0 spiro atoms. The Morgan fingerprint density at radius 1 is 1.37 bits per heavy atom. The van der Waals surface area contributed by atoms with E-state index < -0.39 is 0 Å². The summed E-state index contributed by atoms with van der Waals surface area (Å²) in [6, 6.07) is 3.61. The molecule has 0 fully saturated rings. The van der Waals surface area contributed by atoms with Crippen LogP contribution in [0.25, 0.3) is 0 Å². The Bertz CT molecular complexity index is 465. The number of rotatable bonds is 5. The molecule has 104 valence electrons. The van der Waals surface area contributed by atoms with Gasteiger partial charge in [0, 0.05) is 13.0 Å². The van der Waals surface area contributed by atoms with Gasteiger partial charge >= 0.3 is 0 Å². The van der Waals surface area contributed by atoms with Gasteiger partial charge in [0.05, 0.1) is 5.02 Å². The Balaban J connectivity index is 1.97. The van der Waals surface area contributed by atoms with E-state index in [9.17, 15) is 4.79 Å². The predicted molar refractivity (Wildman–Crippen MR) is 72.6 cm³/mol. The molecule has 0 radical (unpaired) electrons. The molecular formula is C13H17ClN2O3. The van der Waals surface area contributed by atoms with Crippen LogP contribution in [0.15, 0.2) is 12.1 Å². The fourth-order valence-corrected chi connectivity index (χ4v) is 2.11. The van der Waals surface area contributed by atoms with Crippen LogP contribution < -0.4 is 20.5 Å². The lowest BCUT2D eigenvalue weighted by molar-refractivity contribution is -0.121. The van der Waals surface area contributed by atoms with Crippen LogP contribution >= 0.6 is 11.6 Å². The topological polar surface area (TPSA) is 73.6 Å². The van der Waals surface area contributed by atoms with Gasteiger partial charge in [0.2, 0.25) is 5.91 Å². The van der Waals surface area contributed by atoms with E-state index in [4.69, 9.17) is 26.8 Å². The number of carbonyl (C=O) groups excluding carboxylic acids is 1. The van der Waals surface area contributed by atoms with Gasteiger partial charge in [0.15, 0.2) is 11.5 Å². The zero-order valence-corrected chi connectivity index (χ0v) is 11.3. The minimum atomic E-state index is -0.0172. The molecule has 1 heterocycles. The van der Waals surface area contributed by atoms with Crippen LogP contribution in [0.5, 0.6) is 11.5 Å². The highest BCUT2D eigenvalue weighted by Gasteiger charge is 2.16. The molecule has 0 aromatic heterocycles. The van der Waals surface area contributed by atoms with Gasteiger partial charge in [-0.15, -0.1) is 0 Å². The van der Waals surface area contributed by atoms with E-state index in [0.717, 1.165) is 5.56 Å². The number of fused-ring (bicyclic) bond motifs is 1. The second-order valence-electron chi connectivity index (χ2n) is 4.27. The Labute approximate surface area is 117 Å². The first kappa shape index (κ1) is 14.0. The predicted octanol–water partition coefficient (Wildman–Crippen LogP) is 1.47. The van der Waals surface area contributed by atoms with Crippen molar-refractivity contribution in [2.75, 3.05) is 19.8 Å². The van der Waals surface area contributed by atoms with E-state index in [1.54, 1.807) is 6.07 Å². The number of ether oxygens (including phenoxy) is 2. The van der Waals surface area contributed by atoms with Gasteiger partial charge in [-0.3, -0.25) is 4.79 Å². The van der Waals surface area contributed by atoms with Gasteiger partial charge in [-0.25, -0.2) is 0 Å². The second-order valence-corrected chi connectivity index (χ2v) is 4.68. The highest BCUT2D eigenvalue weighted by Crippen LogP contribution is 2.38. The lowest BCUT2D eigenvalue weighted by Gasteiger charge is -2.20. The second kappa shape index (κ2) is 6.63. The van der Waals surface area contributed by atoms with E-state index >= 15 is 0 Å². The minimum Gasteiger partial charge on any atom is -0.486 e. The van der Waals surface area contributed by atoms with E-state index in [2.05, 4.69) is 5.32 Å². The third-order valence-corrected chi connectivity index (χ3v) is 3.04. The molecule has 1 aromatic carbocycles. The van der Waals surface area contributed by atoms with Crippen LogP contribution in [0.4, 0.5) is 0 Å². The van der Waals surface area contributed by atoms with E-state index in [1.807, 2.05) is 6.07 Å². The smallest absolute Gasteiger partial charge is 0.220 e. The van der Waals surface area contributed by atoms with Crippen LogP contribution in [0.3, 0.4) is 0 Å². The first-order valence-electron chi connectivity index (χ1n) is 6.25. The summed E-state index contributed by atoms with van der Waals surface area (Å²) in [5.41, 5.74) is 6.24. The highest BCUT2D eigenvalue weighted by atomic mass is 35.5. The molecule has 3 N–H and O–H groups in total. The molecule has 0 saturated carbocycles. The number of amides is 1. The van der Waals surface area contributed by atoms with Crippen molar-refractivity contribution in [1.29, 1.82) is 0 Å². The molecular weight excluding hydrogens is 268 g/mol. The summed E-state index contributed by atoms with van der Waals surface area (Å²) in [5, 5.41) is 3.32. The number of hydrogen-bond acceptors (Lipinski definition) is 4. The van der Waals surface area contributed by atoms with Crippen LogP contribution in [0, 0.1) is 0 Å². The van der Waals surface area contributed by atoms with Crippen molar-refractivity contribution < 1.29 is 14.3 Å².